The van der Waals surface area contributed by atoms with Crippen LogP contribution in [0.3, 0.4) is 0 Å². The highest BCUT2D eigenvalue weighted by molar-refractivity contribution is 6.76. The first kappa shape index (κ1) is 22.1. The van der Waals surface area contributed by atoms with Crippen molar-refractivity contribution in [3.05, 3.63) is 11.3 Å². The Morgan fingerprint density at radius 1 is 1.41 bits per heavy atom. The lowest BCUT2D eigenvalue weighted by Gasteiger charge is -2.33. The number of aliphatic hydroxyl groups excluding tert-OH is 1. The van der Waals surface area contributed by atoms with Crippen molar-refractivity contribution < 1.29 is 27.8 Å². The van der Waals surface area contributed by atoms with Gasteiger partial charge in [0.1, 0.15) is 11.6 Å². The maximum atomic E-state index is 13.7. The molecule has 1 fully saturated rings. The number of nitrogens with zero attached hydrogens (tertiary/aromatic N) is 2. The number of alkyl halides is 3. The Balaban J connectivity index is 2.17. The lowest BCUT2D eigenvalue weighted by Crippen LogP contribution is -2.44. The Morgan fingerprint density at radius 2 is 2.07 bits per heavy atom. The smallest absolute Gasteiger partial charge is 0.391 e. The molecule has 0 aromatic carbocycles. The van der Waals surface area contributed by atoms with Gasteiger partial charge in [0.15, 0.2) is 5.78 Å². The van der Waals surface area contributed by atoms with E-state index in [0.29, 0.717) is 26.0 Å². The zero-order chi connectivity index (χ0) is 20.4. The summed E-state index contributed by atoms with van der Waals surface area (Å²) in [5, 5.41) is 9.88. The van der Waals surface area contributed by atoms with Gasteiger partial charge in [0, 0.05) is 27.4 Å². The quantitative estimate of drug-likeness (QED) is 0.522. The third-order valence-corrected chi connectivity index (χ3v) is 6.61. The van der Waals surface area contributed by atoms with Crippen LogP contribution < -0.4 is 0 Å². The van der Waals surface area contributed by atoms with Crippen LogP contribution in [0.5, 0.6) is 0 Å². The molecule has 2 aliphatic heterocycles. The molecular weight excluding hydrogens is 377 g/mol. The first-order valence-electron chi connectivity index (χ1n) is 9.33. The van der Waals surface area contributed by atoms with Crippen LogP contribution in [0.4, 0.5) is 13.2 Å². The van der Waals surface area contributed by atoms with Gasteiger partial charge in [-0.3, -0.25) is 9.79 Å². The predicted molar refractivity (Wildman–Crippen MR) is 101 cm³/mol. The number of aliphatic hydroxyl groups is 1. The molecule has 2 rings (SSSR count). The Kier molecular flexibility index (Phi) is 6.91. The number of ketones is 1. The number of hydrogen-bond donors (Lipinski definition) is 1. The molecule has 9 heteroatoms. The molecule has 27 heavy (non-hydrogen) atoms. The van der Waals surface area contributed by atoms with Crippen molar-refractivity contribution in [1.29, 1.82) is 0 Å². The van der Waals surface area contributed by atoms with E-state index < -0.39 is 43.8 Å². The maximum absolute atomic E-state index is 13.7. The molecule has 0 aromatic heterocycles. The van der Waals surface area contributed by atoms with E-state index in [1.165, 1.54) is 4.90 Å². The number of allylic oxidation sites excluding steroid dienone is 1. The van der Waals surface area contributed by atoms with Crippen LogP contribution in [-0.4, -0.2) is 74.2 Å². The standard InChI is InChI=1S/C18H29F3N2O3Si/c1-12(24)14-6-5-7-23(14)15-10-22-13(11-26-8-9-27(2,3)4)17(25)16(15)18(19,20)21/h10,12-14,24H,5-9,11H2,1-4H3/t12?,13?,14-/m0/s1. The van der Waals surface area contributed by atoms with Crippen LogP contribution in [0.15, 0.2) is 16.3 Å². The van der Waals surface area contributed by atoms with Crippen LogP contribution >= 0.6 is 0 Å². The van der Waals surface area contributed by atoms with E-state index in [4.69, 9.17) is 4.74 Å². The van der Waals surface area contributed by atoms with Crippen LogP contribution in [0.25, 0.3) is 0 Å². The summed E-state index contributed by atoms with van der Waals surface area (Å²) in [5.41, 5.74) is -1.40. The topological polar surface area (TPSA) is 62.1 Å². The van der Waals surface area contributed by atoms with Crippen molar-refractivity contribution in [1.82, 2.24) is 4.90 Å². The molecule has 0 aromatic rings. The molecule has 154 valence electrons. The third-order valence-electron chi connectivity index (χ3n) is 4.90. The van der Waals surface area contributed by atoms with Crippen molar-refractivity contribution in [2.45, 2.75) is 69.8 Å². The fourth-order valence-corrected chi connectivity index (χ4v) is 4.13. The minimum Gasteiger partial charge on any atom is -0.391 e. The number of halogens is 3. The Bertz CT molecular complexity index is 612. The first-order valence-corrected chi connectivity index (χ1v) is 13.0. The van der Waals surface area contributed by atoms with Gasteiger partial charge in [0.2, 0.25) is 0 Å². The average molecular weight is 407 g/mol. The second kappa shape index (κ2) is 8.44. The summed E-state index contributed by atoms with van der Waals surface area (Å²) in [6.45, 7) is 8.70. The molecule has 2 unspecified atom stereocenters. The van der Waals surface area contributed by atoms with Crippen molar-refractivity contribution in [3.8, 4) is 0 Å². The minimum absolute atomic E-state index is 0.146. The molecule has 1 saturated heterocycles. The van der Waals surface area contributed by atoms with Crippen molar-refractivity contribution in [3.63, 3.8) is 0 Å². The number of hydrogen-bond acceptors (Lipinski definition) is 5. The average Bonchev–Trinajstić information content (AvgIpc) is 2.99. The molecule has 0 amide bonds. The summed E-state index contributed by atoms with van der Waals surface area (Å²) in [5.74, 6) is -1.05. The van der Waals surface area contributed by atoms with E-state index in [1.807, 2.05) is 0 Å². The van der Waals surface area contributed by atoms with Gasteiger partial charge in [-0.15, -0.1) is 0 Å². The molecule has 0 bridgehead atoms. The fourth-order valence-electron chi connectivity index (χ4n) is 3.37. The molecular formula is C18H29F3N2O3Si. The van der Waals surface area contributed by atoms with Gasteiger partial charge in [-0.1, -0.05) is 19.6 Å². The third kappa shape index (κ3) is 5.65. The summed E-state index contributed by atoms with van der Waals surface area (Å²) >= 11 is 0. The zero-order valence-electron chi connectivity index (χ0n) is 16.3. The summed E-state index contributed by atoms with van der Waals surface area (Å²) in [7, 11) is -1.32. The van der Waals surface area contributed by atoms with E-state index in [1.54, 1.807) is 6.92 Å². The van der Waals surface area contributed by atoms with Crippen molar-refractivity contribution >= 4 is 20.1 Å². The highest BCUT2D eigenvalue weighted by Crippen LogP contribution is 2.36. The zero-order valence-corrected chi connectivity index (χ0v) is 17.3. The SMILES string of the molecule is CC(O)[C@@H]1CCCN1C1=C(C(F)(F)F)C(=O)C(COCC[Si](C)(C)C)N=C1. The lowest BCUT2D eigenvalue weighted by atomic mass is 9.98. The molecule has 0 saturated carbocycles. The van der Waals surface area contributed by atoms with Gasteiger partial charge in [-0.2, -0.15) is 13.2 Å². The van der Waals surface area contributed by atoms with Crippen LogP contribution in [-0.2, 0) is 9.53 Å². The Hall–Kier alpha value is -1.19. The van der Waals surface area contributed by atoms with Gasteiger partial charge in [-0.25, -0.2) is 0 Å². The Labute approximate surface area is 159 Å². The number of carbonyl (C=O) groups is 1. The molecule has 0 spiro atoms. The second-order valence-electron chi connectivity index (χ2n) is 8.45. The minimum atomic E-state index is -4.78. The molecule has 0 radical (unpaired) electrons. The monoisotopic (exact) mass is 406 g/mol. The first-order chi connectivity index (χ1) is 12.4. The molecule has 0 aliphatic carbocycles. The van der Waals surface area contributed by atoms with E-state index >= 15 is 0 Å². The normalized spacial score (nSPS) is 25.5. The molecule has 1 N–H and O–H groups in total. The number of ether oxygens (including phenoxy) is 1. The van der Waals surface area contributed by atoms with E-state index in [0.717, 1.165) is 12.3 Å². The highest BCUT2D eigenvalue weighted by Gasteiger charge is 2.47. The number of Topliss-reactive ketones (excluding diaryl/α,β-unsaturated/α-hetero) is 1. The van der Waals surface area contributed by atoms with Crippen LogP contribution in [0.2, 0.25) is 25.7 Å². The molecule has 2 heterocycles. The highest BCUT2D eigenvalue weighted by atomic mass is 28.3. The summed E-state index contributed by atoms with van der Waals surface area (Å²) < 4.78 is 46.5. The van der Waals surface area contributed by atoms with Gasteiger partial charge < -0.3 is 14.7 Å². The number of rotatable bonds is 7. The number of aliphatic imine (C=N–C) groups is 1. The van der Waals surface area contributed by atoms with E-state index in [2.05, 4.69) is 24.6 Å². The number of dihydropyridines is 1. The predicted octanol–water partition coefficient (Wildman–Crippen LogP) is 3.02. The molecule has 3 atom stereocenters. The molecule has 5 nitrogen and oxygen atoms in total. The van der Waals surface area contributed by atoms with Gasteiger partial charge >= 0.3 is 6.18 Å². The van der Waals surface area contributed by atoms with Crippen molar-refractivity contribution in [2.24, 2.45) is 4.99 Å². The van der Waals surface area contributed by atoms with Gasteiger partial charge in [-0.05, 0) is 25.8 Å². The van der Waals surface area contributed by atoms with E-state index in [9.17, 15) is 23.1 Å². The summed E-state index contributed by atoms with van der Waals surface area (Å²) in [4.78, 5) is 18.1. The largest absolute Gasteiger partial charge is 0.421 e. The summed E-state index contributed by atoms with van der Waals surface area (Å²) in [6, 6.07) is -0.741. The van der Waals surface area contributed by atoms with Gasteiger partial charge in [0.05, 0.1) is 24.4 Å². The second-order valence-corrected chi connectivity index (χ2v) is 14.1. The van der Waals surface area contributed by atoms with E-state index in [-0.39, 0.29) is 12.3 Å². The van der Waals surface area contributed by atoms with Gasteiger partial charge in [0.25, 0.3) is 0 Å². The maximum Gasteiger partial charge on any atom is 0.421 e. The number of likely N-dealkylation sites (tertiary alicyclic amines) is 1. The fraction of sp³-hybridized carbons (Fsp3) is 0.778. The van der Waals surface area contributed by atoms with Crippen molar-refractivity contribution in [2.75, 3.05) is 19.8 Å². The number of carbonyl (C=O) groups excluding carboxylic acids is 1. The van der Waals surface area contributed by atoms with Crippen LogP contribution in [0.1, 0.15) is 19.8 Å². The Morgan fingerprint density at radius 3 is 2.63 bits per heavy atom. The van der Waals surface area contributed by atoms with Crippen LogP contribution in [0, 0.1) is 0 Å². The molecule has 2 aliphatic rings. The summed E-state index contributed by atoms with van der Waals surface area (Å²) in [6.07, 6.45) is -3.19. The lowest BCUT2D eigenvalue weighted by molar-refractivity contribution is -0.132.